The summed E-state index contributed by atoms with van der Waals surface area (Å²) in [7, 11) is 1.68. The Hall–Kier alpha value is -1.80. The minimum Gasteiger partial charge on any atom is -0.497 e. The van der Waals surface area contributed by atoms with Crippen LogP contribution in [0.5, 0.6) is 5.75 Å². The standard InChI is InChI=1S/C17H20O2/c1-3-17(18)15-9-7-13(8-10-15)11-14-5-4-6-16(12-14)19-2/h4-10,12,17-18H,3,11H2,1-2H3/t17-/m1/s1. The molecule has 1 N–H and O–H groups in total. The Morgan fingerprint density at radius 1 is 1.05 bits per heavy atom. The Morgan fingerprint density at radius 2 is 1.79 bits per heavy atom. The van der Waals surface area contributed by atoms with Gasteiger partial charge in [-0.1, -0.05) is 43.3 Å². The van der Waals surface area contributed by atoms with Crippen molar-refractivity contribution in [2.24, 2.45) is 0 Å². The second-order valence-electron chi connectivity index (χ2n) is 4.69. The summed E-state index contributed by atoms with van der Waals surface area (Å²) in [6.07, 6.45) is 1.26. The zero-order valence-electron chi connectivity index (χ0n) is 11.5. The lowest BCUT2D eigenvalue weighted by atomic mass is 10.0. The molecule has 0 heterocycles. The summed E-state index contributed by atoms with van der Waals surface area (Å²) >= 11 is 0. The first-order chi connectivity index (χ1) is 9.22. The van der Waals surface area contributed by atoms with Gasteiger partial charge >= 0.3 is 0 Å². The molecule has 0 aliphatic carbocycles. The lowest BCUT2D eigenvalue weighted by Gasteiger charge is -2.09. The molecule has 0 aliphatic heterocycles. The molecule has 2 rings (SSSR count). The molecule has 0 unspecified atom stereocenters. The number of hydrogen-bond donors (Lipinski definition) is 1. The first-order valence-corrected chi connectivity index (χ1v) is 6.62. The maximum Gasteiger partial charge on any atom is 0.119 e. The Kier molecular flexibility index (Phi) is 4.58. The van der Waals surface area contributed by atoms with Crippen molar-refractivity contribution in [3.63, 3.8) is 0 Å². The first kappa shape index (κ1) is 13.6. The van der Waals surface area contributed by atoms with Crippen molar-refractivity contribution in [2.45, 2.75) is 25.9 Å². The smallest absolute Gasteiger partial charge is 0.119 e. The molecule has 0 saturated carbocycles. The average Bonchev–Trinajstić information content (AvgIpc) is 2.47. The zero-order chi connectivity index (χ0) is 13.7. The Morgan fingerprint density at radius 3 is 2.42 bits per heavy atom. The molecule has 100 valence electrons. The molecule has 0 bridgehead atoms. The molecule has 0 spiro atoms. The average molecular weight is 256 g/mol. The normalized spacial score (nSPS) is 12.2. The van der Waals surface area contributed by atoms with Crippen molar-refractivity contribution in [1.82, 2.24) is 0 Å². The fourth-order valence-corrected chi connectivity index (χ4v) is 2.11. The van der Waals surface area contributed by atoms with Crippen LogP contribution in [0.4, 0.5) is 0 Å². The number of ether oxygens (including phenoxy) is 1. The van der Waals surface area contributed by atoms with Gasteiger partial charge in [-0.3, -0.25) is 0 Å². The summed E-state index contributed by atoms with van der Waals surface area (Å²) < 4.78 is 5.22. The van der Waals surface area contributed by atoms with Crippen LogP contribution in [-0.2, 0) is 6.42 Å². The first-order valence-electron chi connectivity index (χ1n) is 6.62. The van der Waals surface area contributed by atoms with Crippen molar-refractivity contribution < 1.29 is 9.84 Å². The van der Waals surface area contributed by atoms with Crippen LogP contribution in [0.2, 0.25) is 0 Å². The highest BCUT2D eigenvalue weighted by Crippen LogP contribution is 2.19. The molecule has 2 aromatic rings. The maximum atomic E-state index is 9.76. The Labute approximate surface area is 114 Å². The molecule has 0 radical (unpaired) electrons. The number of hydrogen-bond acceptors (Lipinski definition) is 2. The summed E-state index contributed by atoms with van der Waals surface area (Å²) in [6, 6.07) is 16.3. The number of rotatable bonds is 5. The molecule has 0 aliphatic rings. The van der Waals surface area contributed by atoms with Crippen molar-refractivity contribution in [1.29, 1.82) is 0 Å². The summed E-state index contributed by atoms with van der Waals surface area (Å²) in [5, 5.41) is 9.76. The summed E-state index contributed by atoms with van der Waals surface area (Å²) in [5.74, 6) is 0.885. The van der Waals surface area contributed by atoms with Crippen LogP contribution in [0.15, 0.2) is 48.5 Å². The van der Waals surface area contributed by atoms with Crippen molar-refractivity contribution in [2.75, 3.05) is 7.11 Å². The number of methoxy groups -OCH3 is 1. The second-order valence-corrected chi connectivity index (χ2v) is 4.69. The SMILES string of the molecule is CC[C@@H](O)c1ccc(Cc2cccc(OC)c2)cc1. The highest BCUT2D eigenvalue weighted by Gasteiger charge is 2.04. The molecular weight excluding hydrogens is 236 g/mol. The summed E-state index contributed by atoms with van der Waals surface area (Å²) in [5.41, 5.74) is 3.44. The van der Waals surface area contributed by atoms with Crippen LogP contribution >= 0.6 is 0 Å². The van der Waals surface area contributed by atoms with Crippen molar-refractivity contribution in [3.8, 4) is 5.75 Å². The monoisotopic (exact) mass is 256 g/mol. The van der Waals surface area contributed by atoms with E-state index in [1.807, 2.05) is 31.2 Å². The lowest BCUT2D eigenvalue weighted by molar-refractivity contribution is 0.173. The molecule has 0 fully saturated rings. The minimum absolute atomic E-state index is 0.356. The van der Waals surface area contributed by atoms with Crippen LogP contribution in [0.1, 0.15) is 36.1 Å². The summed E-state index contributed by atoms with van der Waals surface area (Å²) in [4.78, 5) is 0. The minimum atomic E-state index is -0.356. The van der Waals surface area contributed by atoms with E-state index in [9.17, 15) is 5.11 Å². The largest absolute Gasteiger partial charge is 0.497 e. The van der Waals surface area contributed by atoms with E-state index in [2.05, 4.69) is 24.3 Å². The third-order valence-corrected chi connectivity index (χ3v) is 3.29. The van der Waals surface area contributed by atoms with E-state index in [4.69, 9.17) is 4.74 Å². The van der Waals surface area contributed by atoms with E-state index < -0.39 is 0 Å². The van der Waals surface area contributed by atoms with Crippen LogP contribution in [-0.4, -0.2) is 12.2 Å². The van der Waals surface area contributed by atoms with Gasteiger partial charge in [0.1, 0.15) is 5.75 Å². The van der Waals surface area contributed by atoms with Crippen LogP contribution in [0, 0.1) is 0 Å². The van der Waals surface area contributed by atoms with Gasteiger partial charge in [-0.05, 0) is 41.7 Å². The molecular formula is C17H20O2. The van der Waals surface area contributed by atoms with E-state index in [0.29, 0.717) is 0 Å². The van der Waals surface area contributed by atoms with Gasteiger partial charge in [0.2, 0.25) is 0 Å². The summed E-state index contributed by atoms with van der Waals surface area (Å²) in [6.45, 7) is 1.98. The predicted molar refractivity (Wildman–Crippen MR) is 77.5 cm³/mol. The fourth-order valence-electron chi connectivity index (χ4n) is 2.11. The predicted octanol–water partition coefficient (Wildman–Crippen LogP) is 3.73. The van der Waals surface area contributed by atoms with Crippen molar-refractivity contribution in [3.05, 3.63) is 65.2 Å². The molecule has 1 atom stereocenters. The van der Waals surface area contributed by atoms with Gasteiger partial charge in [0.25, 0.3) is 0 Å². The van der Waals surface area contributed by atoms with E-state index in [0.717, 1.165) is 24.2 Å². The Balaban J connectivity index is 2.10. The highest BCUT2D eigenvalue weighted by molar-refractivity contribution is 5.33. The van der Waals surface area contributed by atoms with E-state index >= 15 is 0 Å². The molecule has 2 aromatic carbocycles. The third-order valence-electron chi connectivity index (χ3n) is 3.29. The molecule has 19 heavy (non-hydrogen) atoms. The van der Waals surface area contributed by atoms with E-state index in [1.165, 1.54) is 11.1 Å². The second kappa shape index (κ2) is 6.39. The molecule has 0 amide bonds. The van der Waals surface area contributed by atoms with E-state index in [-0.39, 0.29) is 6.10 Å². The Bertz CT molecular complexity index is 517. The number of benzene rings is 2. The number of aliphatic hydroxyl groups is 1. The van der Waals surface area contributed by atoms with Gasteiger partial charge in [0.15, 0.2) is 0 Å². The topological polar surface area (TPSA) is 29.5 Å². The van der Waals surface area contributed by atoms with E-state index in [1.54, 1.807) is 7.11 Å². The third kappa shape index (κ3) is 3.58. The zero-order valence-corrected chi connectivity index (χ0v) is 11.5. The fraction of sp³-hybridized carbons (Fsp3) is 0.294. The van der Waals surface area contributed by atoms with Crippen molar-refractivity contribution >= 4 is 0 Å². The van der Waals surface area contributed by atoms with Gasteiger partial charge in [0, 0.05) is 0 Å². The van der Waals surface area contributed by atoms with Gasteiger partial charge in [-0.2, -0.15) is 0 Å². The highest BCUT2D eigenvalue weighted by atomic mass is 16.5. The van der Waals surface area contributed by atoms with Gasteiger partial charge in [-0.15, -0.1) is 0 Å². The molecule has 2 heteroatoms. The van der Waals surface area contributed by atoms with Gasteiger partial charge in [0.05, 0.1) is 13.2 Å². The lowest BCUT2D eigenvalue weighted by Crippen LogP contribution is -1.96. The maximum absolute atomic E-state index is 9.76. The quantitative estimate of drug-likeness (QED) is 0.883. The van der Waals surface area contributed by atoms with Crippen LogP contribution in [0.3, 0.4) is 0 Å². The van der Waals surface area contributed by atoms with Crippen LogP contribution < -0.4 is 4.74 Å². The molecule has 0 aromatic heterocycles. The molecule has 2 nitrogen and oxygen atoms in total. The molecule has 0 saturated heterocycles. The number of aliphatic hydroxyl groups excluding tert-OH is 1. The van der Waals surface area contributed by atoms with Gasteiger partial charge in [-0.25, -0.2) is 0 Å². The van der Waals surface area contributed by atoms with Gasteiger partial charge < -0.3 is 9.84 Å². The van der Waals surface area contributed by atoms with Crippen LogP contribution in [0.25, 0.3) is 0 Å².